The van der Waals surface area contributed by atoms with Crippen molar-refractivity contribution in [3.63, 3.8) is 0 Å². The molecule has 1 aliphatic rings. The van der Waals surface area contributed by atoms with Gasteiger partial charge in [-0.3, -0.25) is 9.69 Å². The number of piperidine rings is 1. The van der Waals surface area contributed by atoms with Crippen LogP contribution in [0.5, 0.6) is 0 Å². The van der Waals surface area contributed by atoms with Crippen molar-refractivity contribution >= 4 is 5.97 Å². The van der Waals surface area contributed by atoms with E-state index in [2.05, 4.69) is 11.8 Å². The Bertz CT molecular complexity index is 388. The van der Waals surface area contributed by atoms with Crippen LogP contribution in [0.2, 0.25) is 0 Å². The zero-order valence-corrected chi connectivity index (χ0v) is 11.5. The van der Waals surface area contributed by atoms with Gasteiger partial charge in [-0.1, -0.05) is 6.42 Å². The molecule has 1 saturated heterocycles. The Labute approximate surface area is 114 Å². The van der Waals surface area contributed by atoms with Gasteiger partial charge < -0.3 is 9.52 Å². The lowest BCUT2D eigenvalue weighted by Gasteiger charge is -2.39. The summed E-state index contributed by atoms with van der Waals surface area (Å²) < 4.78 is 5.41. The number of rotatable bonds is 6. The highest BCUT2D eigenvalue weighted by Gasteiger charge is 2.27. The average molecular weight is 265 g/mol. The maximum Gasteiger partial charge on any atom is 0.303 e. The number of hydrogen-bond donors (Lipinski definition) is 1. The molecule has 4 heteroatoms. The van der Waals surface area contributed by atoms with E-state index in [4.69, 9.17) is 9.52 Å². The third kappa shape index (κ3) is 4.10. The number of aliphatic carboxylic acids is 1. The number of carboxylic acid groups (broad SMARTS) is 1. The first-order valence-electron chi connectivity index (χ1n) is 7.16. The van der Waals surface area contributed by atoms with Crippen LogP contribution in [-0.2, 0) is 11.2 Å². The van der Waals surface area contributed by atoms with Crippen molar-refractivity contribution < 1.29 is 14.3 Å². The van der Waals surface area contributed by atoms with Crippen molar-refractivity contribution in [2.24, 2.45) is 0 Å². The third-order valence-corrected chi connectivity index (χ3v) is 4.01. The molecule has 1 aliphatic heterocycles. The van der Waals surface area contributed by atoms with Crippen LogP contribution in [0.25, 0.3) is 0 Å². The Balaban J connectivity index is 1.92. The zero-order chi connectivity index (χ0) is 13.7. The number of nitrogens with zero attached hydrogens (tertiary/aromatic N) is 1. The first-order valence-corrected chi connectivity index (χ1v) is 7.16. The van der Waals surface area contributed by atoms with Gasteiger partial charge in [0, 0.05) is 24.9 Å². The smallest absolute Gasteiger partial charge is 0.303 e. The van der Waals surface area contributed by atoms with E-state index in [0.29, 0.717) is 12.1 Å². The summed E-state index contributed by atoms with van der Waals surface area (Å²) in [5.74, 6) is 0.319. The molecule has 0 amide bonds. The molecule has 1 aromatic rings. The number of carbonyl (C=O) groups is 1. The second kappa shape index (κ2) is 6.75. The summed E-state index contributed by atoms with van der Waals surface area (Å²) in [5.41, 5.74) is 0. The van der Waals surface area contributed by atoms with E-state index in [0.717, 1.165) is 31.6 Å². The van der Waals surface area contributed by atoms with E-state index in [-0.39, 0.29) is 6.42 Å². The minimum absolute atomic E-state index is 0.272. The molecule has 0 aromatic carbocycles. The van der Waals surface area contributed by atoms with Crippen molar-refractivity contribution in [3.8, 4) is 0 Å². The molecular weight excluding hydrogens is 242 g/mol. The normalized spacial score (nSPS) is 22.3. The molecule has 19 heavy (non-hydrogen) atoms. The Kier molecular flexibility index (Phi) is 5.02. The summed E-state index contributed by atoms with van der Waals surface area (Å²) in [4.78, 5) is 13.2. The van der Waals surface area contributed by atoms with Crippen molar-refractivity contribution in [2.45, 2.75) is 57.5 Å². The second-order valence-electron chi connectivity index (χ2n) is 5.45. The largest absolute Gasteiger partial charge is 0.481 e. The number of hydrogen-bond acceptors (Lipinski definition) is 3. The summed E-state index contributed by atoms with van der Waals surface area (Å²) in [5, 5.41) is 8.84. The van der Waals surface area contributed by atoms with Gasteiger partial charge in [0.1, 0.15) is 5.76 Å². The lowest BCUT2D eigenvalue weighted by Crippen LogP contribution is -2.46. The number of furan rings is 1. The predicted molar refractivity (Wildman–Crippen MR) is 73.1 cm³/mol. The van der Waals surface area contributed by atoms with E-state index in [1.165, 1.54) is 12.8 Å². The lowest BCUT2D eigenvalue weighted by atomic mass is 9.95. The molecule has 1 fully saturated rings. The summed E-state index contributed by atoms with van der Waals surface area (Å²) in [7, 11) is 0. The standard InChI is InChI=1S/C15H23NO3/c1-12(11-14-6-4-10-19-14)16-9-3-2-5-13(16)7-8-15(17)18/h4,6,10,12-13H,2-3,5,7-9,11H2,1H3,(H,17,18). The maximum absolute atomic E-state index is 10.7. The van der Waals surface area contributed by atoms with E-state index in [9.17, 15) is 4.79 Å². The molecule has 0 bridgehead atoms. The fraction of sp³-hybridized carbons (Fsp3) is 0.667. The average Bonchev–Trinajstić information content (AvgIpc) is 2.89. The molecule has 2 atom stereocenters. The van der Waals surface area contributed by atoms with Gasteiger partial charge in [-0.15, -0.1) is 0 Å². The van der Waals surface area contributed by atoms with Gasteiger partial charge in [-0.2, -0.15) is 0 Å². The Hall–Kier alpha value is -1.29. The van der Waals surface area contributed by atoms with Gasteiger partial charge in [-0.05, 0) is 44.9 Å². The highest BCUT2D eigenvalue weighted by molar-refractivity contribution is 5.66. The molecule has 0 saturated carbocycles. The van der Waals surface area contributed by atoms with Gasteiger partial charge >= 0.3 is 5.97 Å². The van der Waals surface area contributed by atoms with E-state index in [1.54, 1.807) is 6.26 Å². The molecule has 2 rings (SSSR count). The predicted octanol–water partition coefficient (Wildman–Crippen LogP) is 2.93. The molecular formula is C15H23NO3. The molecule has 2 unspecified atom stereocenters. The van der Waals surface area contributed by atoms with Gasteiger partial charge in [0.2, 0.25) is 0 Å². The molecule has 2 heterocycles. The molecule has 1 aromatic heterocycles. The molecule has 0 radical (unpaired) electrons. The molecule has 1 N–H and O–H groups in total. The summed E-state index contributed by atoms with van der Waals surface area (Å²) in [6.45, 7) is 3.29. The Morgan fingerprint density at radius 2 is 2.42 bits per heavy atom. The van der Waals surface area contributed by atoms with Crippen LogP contribution in [-0.4, -0.2) is 34.6 Å². The second-order valence-corrected chi connectivity index (χ2v) is 5.45. The quantitative estimate of drug-likeness (QED) is 0.859. The third-order valence-electron chi connectivity index (χ3n) is 4.01. The monoisotopic (exact) mass is 265 g/mol. The van der Waals surface area contributed by atoms with Gasteiger partial charge in [0.05, 0.1) is 6.26 Å². The van der Waals surface area contributed by atoms with Crippen molar-refractivity contribution in [1.82, 2.24) is 4.90 Å². The van der Waals surface area contributed by atoms with Crippen LogP contribution in [0.3, 0.4) is 0 Å². The van der Waals surface area contributed by atoms with Crippen LogP contribution >= 0.6 is 0 Å². The van der Waals surface area contributed by atoms with E-state index >= 15 is 0 Å². The SMILES string of the molecule is CC(Cc1ccco1)N1CCCCC1CCC(=O)O. The zero-order valence-electron chi connectivity index (χ0n) is 11.5. The highest BCUT2D eigenvalue weighted by Crippen LogP contribution is 2.24. The van der Waals surface area contributed by atoms with Crippen LogP contribution < -0.4 is 0 Å². The summed E-state index contributed by atoms with van der Waals surface area (Å²) in [6, 6.07) is 4.74. The van der Waals surface area contributed by atoms with Crippen LogP contribution in [0, 0.1) is 0 Å². The molecule has 0 spiro atoms. The van der Waals surface area contributed by atoms with Crippen LogP contribution in [0.15, 0.2) is 22.8 Å². The maximum atomic E-state index is 10.7. The van der Waals surface area contributed by atoms with Gasteiger partial charge in [0.15, 0.2) is 0 Å². The van der Waals surface area contributed by atoms with Crippen molar-refractivity contribution in [2.75, 3.05) is 6.54 Å². The van der Waals surface area contributed by atoms with Crippen LogP contribution in [0.1, 0.15) is 44.8 Å². The number of carboxylic acids is 1. The molecule has 0 aliphatic carbocycles. The number of likely N-dealkylation sites (tertiary alicyclic amines) is 1. The fourth-order valence-electron chi connectivity index (χ4n) is 3.04. The molecule has 4 nitrogen and oxygen atoms in total. The van der Waals surface area contributed by atoms with Crippen LogP contribution in [0.4, 0.5) is 0 Å². The van der Waals surface area contributed by atoms with Crippen molar-refractivity contribution in [3.05, 3.63) is 24.2 Å². The van der Waals surface area contributed by atoms with E-state index in [1.807, 2.05) is 12.1 Å². The first kappa shape index (κ1) is 14.1. The topological polar surface area (TPSA) is 53.7 Å². The van der Waals surface area contributed by atoms with Crippen molar-refractivity contribution in [1.29, 1.82) is 0 Å². The lowest BCUT2D eigenvalue weighted by molar-refractivity contribution is -0.137. The Morgan fingerprint density at radius 1 is 1.58 bits per heavy atom. The minimum atomic E-state index is -0.691. The van der Waals surface area contributed by atoms with E-state index < -0.39 is 5.97 Å². The molecule has 106 valence electrons. The minimum Gasteiger partial charge on any atom is -0.481 e. The van der Waals surface area contributed by atoms with Gasteiger partial charge in [-0.25, -0.2) is 0 Å². The summed E-state index contributed by atoms with van der Waals surface area (Å²) >= 11 is 0. The summed E-state index contributed by atoms with van der Waals surface area (Å²) in [6.07, 6.45) is 7.19. The fourth-order valence-corrected chi connectivity index (χ4v) is 3.04. The van der Waals surface area contributed by atoms with Gasteiger partial charge in [0.25, 0.3) is 0 Å². The highest BCUT2D eigenvalue weighted by atomic mass is 16.4. The first-order chi connectivity index (χ1) is 9.16. The Morgan fingerprint density at radius 3 is 3.11 bits per heavy atom.